The van der Waals surface area contributed by atoms with Crippen molar-refractivity contribution in [3.05, 3.63) is 30.3 Å². The quantitative estimate of drug-likeness (QED) is 0.895. The summed E-state index contributed by atoms with van der Waals surface area (Å²) in [7, 11) is 0. The smallest absolute Gasteiger partial charge is 0.322 e. The van der Waals surface area contributed by atoms with Gasteiger partial charge in [-0.2, -0.15) is 0 Å². The second kappa shape index (κ2) is 7.11. The summed E-state index contributed by atoms with van der Waals surface area (Å²) in [6.45, 7) is 2.45. The Morgan fingerprint density at radius 3 is 2.52 bits per heavy atom. The van der Waals surface area contributed by atoms with Crippen molar-refractivity contribution in [3.63, 3.8) is 0 Å². The van der Waals surface area contributed by atoms with E-state index in [1.54, 1.807) is 4.90 Å². The van der Waals surface area contributed by atoms with Crippen LogP contribution in [0.15, 0.2) is 30.3 Å². The largest absolute Gasteiger partial charge is 0.481 e. The maximum atomic E-state index is 12.4. The average molecular weight is 290 g/mol. The zero-order valence-corrected chi connectivity index (χ0v) is 12.3. The number of hydrogen-bond donors (Lipinski definition) is 2. The molecule has 1 fully saturated rings. The summed E-state index contributed by atoms with van der Waals surface area (Å²) in [6.07, 6.45) is 3.25. The van der Waals surface area contributed by atoms with Crippen LogP contribution in [0.25, 0.3) is 0 Å². The third-order valence-corrected chi connectivity index (χ3v) is 4.02. The summed E-state index contributed by atoms with van der Waals surface area (Å²) >= 11 is 0. The maximum Gasteiger partial charge on any atom is 0.322 e. The van der Waals surface area contributed by atoms with Gasteiger partial charge in [0, 0.05) is 18.3 Å². The molecule has 1 aliphatic carbocycles. The Hall–Kier alpha value is -2.04. The number of para-hydroxylation sites is 1. The van der Waals surface area contributed by atoms with E-state index in [-0.39, 0.29) is 12.1 Å². The number of carboxylic acids is 1. The molecule has 1 saturated carbocycles. The van der Waals surface area contributed by atoms with E-state index >= 15 is 0 Å². The van der Waals surface area contributed by atoms with Crippen LogP contribution < -0.4 is 10.2 Å². The molecule has 1 aliphatic rings. The molecular formula is C16H22N2O3. The molecule has 0 heterocycles. The van der Waals surface area contributed by atoms with Gasteiger partial charge in [0.2, 0.25) is 0 Å². The molecule has 2 unspecified atom stereocenters. The van der Waals surface area contributed by atoms with Crippen molar-refractivity contribution in [2.45, 2.75) is 38.6 Å². The van der Waals surface area contributed by atoms with Crippen molar-refractivity contribution in [2.24, 2.45) is 5.92 Å². The SMILES string of the molecule is CCN(C(=O)NC1CCCCC1C(=O)O)c1ccccc1. The Balaban J connectivity index is 2.06. The van der Waals surface area contributed by atoms with Crippen LogP contribution in [0.5, 0.6) is 0 Å². The number of aliphatic carboxylic acids is 1. The predicted octanol–water partition coefficient (Wildman–Crippen LogP) is 2.87. The summed E-state index contributed by atoms with van der Waals surface area (Å²) in [6, 6.07) is 8.91. The zero-order valence-electron chi connectivity index (χ0n) is 12.3. The fourth-order valence-corrected chi connectivity index (χ4v) is 2.89. The lowest BCUT2D eigenvalue weighted by Crippen LogP contribution is -2.50. The molecule has 1 aromatic rings. The molecule has 5 heteroatoms. The molecule has 21 heavy (non-hydrogen) atoms. The van der Waals surface area contributed by atoms with Gasteiger partial charge in [-0.15, -0.1) is 0 Å². The summed E-state index contributed by atoms with van der Waals surface area (Å²) < 4.78 is 0. The van der Waals surface area contributed by atoms with E-state index < -0.39 is 11.9 Å². The molecule has 114 valence electrons. The lowest BCUT2D eigenvalue weighted by Gasteiger charge is -2.31. The van der Waals surface area contributed by atoms with Gasteiger partial charge in [-0.25, -0.2) is 4.79 Å². The maximum absolute atomic E-state index is 12.4. The molecule has 0 aromatic heterocycles. The van der Waals surface area contributed by atoms with Crippen LogP contribution in [0, 0.1) is 5.92 Å². The first-order chi connectivity index (χ1) is 10.1. The molecule has 2 rings (SSSR count). The first-order valence-corrected chi connectivity index (χ1v) is 7.49. The highest BCUT2D eigenvalue weighted by Gasteiger charge is 2.32. The van der Waals surface area contributed by atoms with Crippen molar-refractivity contribution in [1.82, 2.24) is 5.32 Å². The van der Waals surface area contributed by atoms with Crippen LogP contribution in [0.2, 0.25) is 0 Å². The van der Waals surface area contributed by atoms with Gasteiger partial charge in [-0.05, 0) is 31.9 Å². The monoisotopic (exact) mass is 290 g/mol. The number of carboxylic acid groups (broad SMARTS) is 1. The fourth-order valence-electron chi connectivity index (χ4n) is 2.89. The number of nitrogens with zero attached hydrogens (tertiary/aromatic N) is 1. The molecular weight excluding hydrogens is 268 g/mol. The highest BCUT2D eigenvalue weighted by atomic mass is 16.4. The highest BCUT2D eigenvalue weighted by Crippen LogP contribution is 2.25. The topological polar surface area (TPSA) is 69.6 Å². The van der Waals surface area contributed by atoms with Crippen molar-refractivity contribution >= 4 is 17.7 Å². The van der Waals surface area contributed by atoms with Gasteiger partial charge in [-0.3, -0.25) is 9.69 Å². The second-order valence-electron chi connectivity index (χ2n) is 5.36. The van der Waals surface area contributed by atoms with Gasteiger partial charge in [0.25, 0.3) is 0 Å². The Morgan fingerprint density at radius 2 is 1.90 bits per heavy atom. The van der Waals surface area contributed by atoms with Crippen molar-refractivity contribution < 1.29 is 14.7 Å². The predicted molar refractivity (Wildman–Crippen MR) is 81.4 cm³/mol. The standard InChI is InChI=1S/C16H22N2O3/c1-2-18(12-8-4-3-5-9-12)16(21)17-14-11-7-6-10-13(14)15(19)20/h3-5,8-9,13-14H,2,6-7,10-11H2,1H3,(H,17,21)(H,19,20). The van der Waals surface area contributed by atoms with Crippen LogP contribution in [0.1, 0.15) is 32.6 Å². The van der Waals surface area contributed by atoms with E-state index in [0.717, 1.165) is 24.9 Å². The van der Waals surface area contributed by atoms with Crippen LogP contribution >= 0.6 is 0 Å². The molecule has 0 aliphatic heterocycles. The van der Waals surface area contributed by atoms with E-state index in [9.17, 15) is 14.7 Å². The van der Waals surface area contributed by atoms with Crippen LogP contribution in [-0.2, 0) is 4.79 Å². The lowest BCUT2D eigenvalue weighted by atomic mass is 9.84. The van der Waals surface area contributed by atoms with Crippen molar-refractivity contribution in [2.75, 3.05) is 11.4 Å². The summed E-state index contributed by atoms with van der Waals surface area (Å²) in [5.41, 5.74) is 0.820. The number of nitrogens with one attached hydrogen (secondary N) is 1. The van der Waals surface area contributed by atoms with E-state index in [1.807, 2.05) is 37.3 Å². The van der Waals surface area contributed by atoms with Gasteiger partial charge in [0.1, 0.15) is 0 Å². The number of rotatable bonds is 4. The summed E-state index contributed by atoms with van der Waals surface area (Å²) in [4.78, 5) is 25.4. The summed E-state index contributed by atoms with van der Waals surface area (Å²) in [5.74, 6) is -1.29. The molecule has 2 amide bonds. The van der Waals surface area contributed by atoms with E-state index in [1.165, 1.54) is 0 Å². The zero-order chi connectivity index (χ0) is 15.2. The summed E-state index contributed by atoms with van der Waals surface area (Å²) in [5, 5.41) is 12.2. The average Bonchev–Trinajstić information content (AvgIpc) is 2.49. The third kappa shape index (κ3) is 3.74. The minimum atomic E-state index is -0.817. The molecule has 0 bridgehead atoms. The molecule has 5 nitrogen and oxygen atoms in total. The first kappa shape index (κ1) is 15.4. The number of benzene rings is 1. The van der Waals surface area contributed by atoms with Crippen LogP contribution in [-0.4, -0.2) is 29.7 Å². The van der Waals surface area contributed by atoms with Crippen LogP contribution in [0.4, 0.5) is 10.5 Å². The minimum absolute atomic E-state index is 0.221. The third-order valence-electron chi connectivity index (χ3n) is 4.02. The van der Waals surface area contributed by atoms with Gasteiger partial charge < -0.3 is 10.4 Å². The number of urea groups is 1. The molecule has 2 atom stereocenters. The highest BCUT2D eigenvalue weighted by molar-refractivity contribution is 5.92. The van der Waals surface area contributed by atoms with E-state index in [0.29, 0.717) is 13.0 Å². The first-order valence-electron chi connectivity index (χ1n) is 7.49. The Morgan fingerprint density at radius 1 is 1.24 bits per heavy atom. The number of amides is 2. The number of carbonyl (C=O) groups excluding carboxylic acids is 1. The van der Waals surface area contributed by atoms with Gasteiger partial charge in [0.15, 0.2) is 0 Å². The molecule has 1 aromatic carbocycles. The Labute approximate surface area is 125 Å². The number of anilines is 1. The lowest BCUT2D eigenvalue weighted by molar-refractivity contribution is -0.143. The fraction of sp³-hybridized carbons (Fsp3) is 0.500. The van der Waals surface area contributed by atoms with Gasteiger partial charge in [-0.1, -0.05) is 31.0 Å². The van der Waals surface area contributed by atoms with Crippen molar-refractivity contribution in [3.8, 4) is 0 Å². The molecule has 2 N–H and O–H groups in total. The number of carbonyl (C=O) groups is 2. The normalized spacial score (nSPS) is 21.6. The molecule has 0 spiro atoms. The van der Waals surface area contributed by atoms with Crippen LogP contribution in [0.3, 0.4) is 0 Å². The minimum Gasteiger partial charge on any atom is -0.481 e. The van der Waals surface area contributed by atoms with E-state index in [2.05, 4.69) is 5.32 Å². The van der Waals surface area contributed by atoms with E-state index in [4.69, 9.17) is 0 Å². The Bertz CT molecular complexity index is 490. The molecule has 0 radical (unpaired) electrons. The Kier molecular flexibility index (Phi) is 5.20. The second-order valence-corrected chi connectivity index (χ2v) is 5.36. The van der Waals surface area contributed by atoms with Gasteiger partial charge in [0.05, 0.1) is 5.92 Å². The van der Waals surface area contributed by atoms with Crippen molar-refractivity contribution in [1.29, 1.82) is 0 Å². The van der Waals surface area contributed by atoms with Gasteiger partial charge >= 0.3 is 12.0 Å². The number of hydrogen-bond acceptors (Lipinski definition) is 2. The molecule has 0 saturated heterocycles.